The van der Waals surface area contributed by atoms with Crippen LogP contribution in [0.25, 0.3) is 5.69 Å². The molecule has 0 radical (unpaired) electrons. The van der Waals surface area contributed by atoms with Crippen molar-refractivity contribution in [2.75, 3.05) is 6.54 Å². The predicted octanol–water partition coefficient (Wildman–Crippen LogP) is 6.17. The highest BCUT2D eigenvalue weighted by Gasteiger charge is 2.24. The van der Waals surface area contributed by atoms with Crippen LogP contribution in [0.2, 0.25) is 0 Å². The van der Waals surface area contributed by atoms with E-state index in [-0.39, 0.29) is 23.9 Å². The zero-order valence-corrected chi connectivity index (χ0v) is 20.5. The van der Waals surface area contributed by atoms with Crippen LogP contribution in [0.4, 0.5) is 4.39 Å². The molecule has 0 aliphatic rings. The molecule has 0 saturated carbocycles. The Kier molecular flexibility index (Phi) is 7.59. The topological polar surface area (TPSA) is 83.1 Å². The van der Waals surface area contributed by atoms with Gasteiger partial charge in [0.15, 0.2) is 5.16 Å². The molecule has 0 N–H and O–H groups in total. The van der Waals surface area contributed by atoms with Gasteiger partial charge in [0, 0.05) is 10.6 Å². The maximum atomic E-state index is 13.1. The molecule has 4 aromatic rings. The smallest absolute Gasteiger partial charge is 0.220 e. The minimum atomic E-state index is -0.497. The zero-order valence-electron chi connectivity index (χ0n) is 18.1. The zero-order chi connectivity index (χ0) is 24.1. The SMILES string of the molecule is Cc1nnc(S[C@@H](C[N+](=O)[O-])c2ccc(OCc3ccc(F)cc3)c(Br)c2)n1-c1ccccc1. The van der Waals surface area contributed by atoms with E-state index < -0.39 is 5.25 Å². The van der Waals surface area contributed by atoms with Gasteiger partial charge in [-0.05, 0) is 70.4 Å². The quantitative estimate of drug-likeness (QED) is 0.143. The molecule has 0 saturated heterocycles. The summed E-state index contributed by atoms with van der Waals surface area (Å²) in [6.45, 7) is 1.83. The highest BCUT2D eigenvalue weighted by Crippen LogP contribution is 2.38. The van der Waals surface area contributed by atoms with Crippen molar-refractivity contribution in [3.8, 4) is 11.4 Å². The molecule has 0 unspecified atom stereocenters. The first-order valence-electron chi connectivity index (χ1n) is 10.3. The summed E-state index contributed by atoms with van der Waals surface area (Å²) in [5, 5.41) is 20.0. The van der Waals surface area contributed by atoms with E-state index in [0.717, 1.165) is 16.8 Å². The summed E-state index contributed by atoms with van der Waals surface area (Å²) in [6, 6.07) is 21.1. The molecule has 0 spiro atoms. The van der Waals surface area contributed by atoms with Gasteiger partial charge in [-0.1, -0.05) is 48.2 Å². The summed E-state index contributed by atoms with van der Waals surface area (Å²) < 4.78 is 21.5. The minimum Gasteiger partial charge on any atom is -0.488 e. The van der Waals surface area contributed by atoms with Gasteiger partial charge in [-0.3, -0.25) is 14.7 Å². The molecule has 10 heteroatoms. The van der Waals surface area contributed by atoms with Crippen LogP contribution in [0.3, 0.4) is 0 Å². The summed E-state index contributed by atoms with van der Waals surface area (Å²) in [6.07, 6.45) is 0. The molecule has 1 aromatic heterocycles. The van der Waals surface area contributed by atoms with E-state index in [2.05, 4.69) is 26.1 Å². The number of nitrogens with zero attached hydrogens (tertiary/aromatic N) is 4. The molecule has 174 valence electrons. The van der Waals surface area contributed by atoms with Crippen molar-refractivity contribution in [2.45, 2.75) is 23.9 Å². The average molecular weight is 543 g/mol. The molecule has 0 aliphatic heterocycles. The maximum Gasteiger partial charge on any atom is 0.220 e. The van der Waals surface area contributed by atoms with Crippen LogP contribution in [0, 0.1) is 22.9 Å². The van der Waals surface area contributed by atoms with Gasteiger partial charge in [-0.2, -0.15) is 0 Å². The highest BCUT2D eigenvalue weighted by molar-refractivity contribution is 9.10. The number of hydrogen-bond acceptors (Lipinski definition) is 6. The van der Waals surface area contributed by atoms with Crippen LogP contribution >= 0.6 is 27.7 Å². The Labute approximate surface area is 208 Å². The second-order valence-electron chi connectivity index (χ2n) is 7.43. The largest absolute Gasteiger partial charge is 0.488 e. The molecule has 0 bridgehead atoms. The third-order valence-electron chi connectivity index (χ3n) is 5.01. The molecule has 1 heterocycles. The molecule has 0 fully saturated rings. The maximum absolute atomic E-state index is 13.1. The number of benzene rings is 3. The molecule has 34 heavy (non-hydrogen) atoms. The third-order valence-corrected chi connectivity index (χ3v) is 6.81. The molecular weight excluding hydrogens is 523 g/mol. The van der Waals surface area contributed by atoms with E-state index in [1.165, 1.54) is 23.9 Å². The third kappa shape index (κ3) is 5.81. The van der Waals surface area contributed by atoms with E-state index in [1.54, 1.807) is 18.2 Å². The summed E-state index contributed by atoms with van der Waals surface area (Å²) in [7, 11) is 0. The Balaban J connectivity index is 1.56. The van der Waals surface area contributed by atoms with Crippen molar-refractivity contribution in [2.24, 2.45) is 0 Å². The lowest BCUT2D eigenvalue weighted by atomic mass is 10.1. The van der Waals surface area contributed by atoms with Gasteiger partial charge in [-0.15, -0.1) is 10.2 Å². The Morgan fingerprint density at radius 1 is 1.12 bits per heavy atom. The van der Waals surface area contributed by atoms with Gasteiger partial charge in [0.05, 0.1) is 4.47 Å². The van der Waals surface area contributed by atoms with E-state index in [9.17, 15) is 14.5 Å². The van der Waals surface area contributed by atoms with Gasteiger partial charge >= 0.3 is 0 Å². The van der Waals surface area contributed by atoms with E-state index in [4.69, 9.17) is 4.74 Å². The first-order chi connectivity index (χ1) is 16.4. The fourth-order valence-electron chi connectivity index (χ4n) is 3.34. The number of thioether (sulfide) groups is 1. The van der Waals surface area contributed by atoms with Crippen molar-refractivity contribution < 1.29 is 14.1 Å². The van der Waals surface area contributed by atoms with E-state index in [0.29, 0.717) is 21.2 Å². The fraction of sp³-hybridized carbons (Fsp3) is 0.167. The standard InChI is InChI=1S/C24H20BrFN4O3S/c1-16-27-28-24(30(16)20-5-3-2-4-6-20)34-23(14-29(31)32)18-9-12-22(21(25)13-18)33-15-17-7-10-19(26)11-8-17/h2-13,23H,14-15H2,1H3/t23-/m0/s1. The second-order valence-corrected chi connectivity index (χ2v) is 9.45. The van der Waals surface area contributed by atoms with Gasteiger partial charge in [0.1, 0.15) is 29.2 Å². The van der Waals surface area contributed by atoms with E-state index >= 15 is 0 Å². The predicted molar refractivity (Wildman–Crippen MR) is 131 cm³/mol. The molecule has 1 atom stereocenters. The normalized spacial score (nSPS) is 11.9. The van der Waals surface area contributed by atoms with Crippen LogP contribution in [0.15, 0.2) is 82.4 Å². The minimum absolute atomic E-state index is 0.269. The Morgan fingerprint density at radius 2 is 1.85 bits per heavy atom. The first kappa shape index (κ1) is 23.9. The Hall–Kier alpha value is -3.24. The van der Waals surface area contributed by atoms with Crippen molar-refractivity contribution in [1.82, 2.24) is 14.8 Å². The molecular formula is C24H20BrFN4O3S. The summed E-state index contributed by atoms with van der Waals surface area (Å²) in [5.41, 5.74) is 2.47. The number of halogens is 2. The van der Waals surface area contributed by atoms with Gasteiger partial charge in [-0.25, -0.2) is 4.39 Å². The van der Waals surface area contributed by atoms with Gasteiger partial charge in [0.2, 0.25) is 6.54 Å². The van der Waals surface area contributed by atoms with Crippen LogP contribution < -0.4 is 4.74 Å². The number of aromatic nitrogens is 3. The summed E-state index contributed by atoms with van der Waals surface area (Å²) >= 11 is 4.80. The van der Waals surface area contributed by atoms with Crippen molar-refractivity contribution in [3.05, 3.63) is 110 Å². The fourth-order valence-corrected chi connectivity index (χ4v) is 5.02. The summed E-state index contributed by atoms with van der Waals surface area (Å²) in [5.74, 6) is 0.974. The Morgan fingerprint density at radius 3 is 2.53 bits per heavy atom. The Bertz CT molecular complexity index is 1290. The highest BCUT2D eigenvalue weighted by atomic mass is 79.9. The lowest BCUT2D eigenvalue weighted by molar-refractivity contribution is -0.479. The average Bonchev–Trinajstić information content (AvgIpc) is 3.19. The second kappa shape index (κ2) is 10.8. The number of aryl methyl sites for hydroxylation is 1. The van der Waals surface area contributed by atoms with Gasteiger partial charge < -0.3 is 4.74 Å². The first-order valence-corrected chi connectivity index (χ1v) is 12.0. The number of hydrogen-bond donors (Lipinski definition) is 0. The van der Waals surface area contributed by atoms with Crippen molar-refractivity contribution in [1.29, 1.82) is 0 Å². The lowest BCUT2D eigenvalue weighted by Crippen LogP contribution is -2.11. The molecule has 7 nitrogen and oxygen atoms in total. The van der Waals surface area contributed by atoms with Gasteiger partial charge in [0.25, 0.3) is 0 Å². The number of para-hydroxylation sites is 1. The van der Waals surface area contributed by atoms with Crippen LogP contribution in [-0.2, 0) is 6.61 Å². The van der Waals surface area contributed by atoms with Crippen molar-refractivity contribution >= 4 is 27.7 Å². The molecule has 4 rings (SSSR count). The van der Waals surface area contributed by atoms with Crippen LogP contribution in [-0.4, -0.2) is 26.2 Å². The number of nitro groups is 1. The number of rotatable bonds is 9. The molecule has 0 aliphatic carbocycles. The lowest BCUT2D eigenvalue weighted by Gasteiger charge is -2.16. The van der Waals surface area contributed by atoms with Crippen LogP contribution in [0.1, 0.15) is 22.2 Å². The van der Waals surface area contributed by atoms with Crippen molar-refractivity contribution in [3.63, 3.8) is 0 Å². The molecule has 0 amide bonds. The molecule has 3 aromatic carbocycles. The van der Waals surface area contributed by atoms with E-state index in [1.807, 2.05) is 54.0 Å². The summed E-state index contributed by atoms with van der Waals surface area (Å²) in [4.78, 5) is 11.1. The van der Waals surface area contributed by atoms with Crippen LogP contribution in [0.5, 0.6) is 5.75 Å². The monoisotopic (exact) mass is 542 g/mol. The number of ether oxygens (including phenoxy) is 1.